The minimum Gasteiger partial charge on any atom is -0.497 e. The Kier molecular flexibility index (Phi) is 5.39. The number of benzene rings is 1. The van der Waals surface area contributed by atoms with E-state index in [2.05, 4.69) is 31.9 Å². The lowest BCUT2D eigenvalue weighted by molar-refractivity contribution is 0.415. The first-order valence-electron chi connectivity index (χ1n) is 9.19. The predicted octanol–water partition coefficient (Wildman–Crippen LogP) is 4.53. The van der Waals surface area contributed by atoms with Crippen molar-refractivity contribution in [1.29, 1.82) is 0 Å². The lowest BCUT2D eigenvalue weighted by Gasteiger charge is -2.07. The van der Waals surface area contributed by atoms with Crippen LogP contribution in [0.25, 0.3) is 22.8 Å². The first-order chi connectivity index (χ1) is 14.1. The third-order valence-electron chi connectivity index (χ3n) is 4.44. The molecule has 0 aliphatic rings. The van der Waals surface area contributed by atoms with Crippen LogP contribution in [0.15, 0.2) is 44.3 Å². The third kappa shape index (κ3) is 3.91. The van der Waals surface area contributed by atoms with E-state index < -0.39 is 0 Å². The number of thioether (sulfide) groups is 1. The van der Waals surface area contributed by atoms with E-state index in [9.17, 15) is 0 Å². The summed E-state index contributed by atoms with van der Waals surface area (Å²) in [4.78, 5) is 0. The molecule has 0 spiro atoms. The van der Waals surface area contributed by atoms with Gasteiger partial charge in [-0.05, 0) is 51.1 Å². The van der Waals surface area contributed by atoms with Crippen molar-refractivity contribution in [2.24, 2.45) is 0 Å². The van der Waals surface area contributed by atoms with Crippen LogP contribution in [0.1, 0.15) is 24.3 Å². The van der Waals surface area contributed by atoms with Gasteiger partial charge >= 0.3 is 0 Å². The van der Waals surface area contributed by atoms with Gasteiger partial charge in [-0.3, -0.25) is 0 Å². The molecule has 0 amide bonds. The Morgan fingerprint density at radius 2 is 1.83 bits per heavy atom. The van der Waals surface area contributed by atoms with Crippen LogP contribution in [0.3, 0.4) is 0 Å². The van der Waals surface area contributed by atoms with Crippen LogP contribution in [0.5, 0.6) is 5.75 Å². The van der Waals surface area contributed by atoms with E-state index in [-0.39, 0.29) is 0 Å². The second kappa shape index (κ2) is 8.12. The van der Waals surface area contributed by atoms with Crippen LogP contribution in [-0.4, -0.2) is 32.1 Å². The zero-order chi connectivity index (χ0) is 20.4. The van der Waals surface area contributed by atoms with Gasteiger partial charge in [0.2, 0.25) is 5.89 Å². The summed E-state index contributed by atoms with van der Waals surface area (Å²) < 4.78 is 18.6. The molecule has 0 unspecified atom stereocenters. The maximum atomic E-state index is 5.80. The normalized spacial score (nSPS) is 11.2. The van der Waals surface area contributed by atoms with Crippen molar-refractivity contribution in [3.8, 4) is 28.6 Å². The minimum atomic E-state index is 0.464. The van der Waals surface area contributed by atoms with E-state index in [0.717, 1.165) is 45.9 Å². The number of rotatable bonds is 7. The molecule has 0 radical (unpaired) electrons. The van der Waals surface area contributed by atoms with Gasteiger partial charge in [0.1, 0.15) is 17.3 Å². The summed E-state index contributed by atoms with van der Waals surface area (Å²) in [5, 5.41) is 17.8. The van der Waals surface area contributed by atoms with Gasteiger partial charge in [-0.2, -0.15) is 0 Å². The summed E-state index contributed by atoms with van der Waals surface area (Å²) in [5.41, 5.74) is 1.81. The van der Waals surface area contributed by atoms with E-state index in [1.54, 1.807) is 7.11 Å². The summed E-state index contributed by atoms with van der Waals surface area (Å²) in [6.07, 6.45) is 0. The lowest BCUT2D eigenvalue weighted by Crippen LogP contribution is -2.00. The predicted molar refractivity (Wildman–Crippen MR) is 109 cm³/mol. The molecule has 0 bridgehead atoms. The number of aromatic nitrogens is 5. The van der Waals surface area contributed by atoms with Crippen LogP contribution in [0.2, 0.25) is 0 Å². The van der Waals surface area contributed by atoms with E-state index in [4.69, 9.17) is 13.6 Å². The molecule has 0 aliphatic heterocycles. The largest absolute Gasteiger partial charge is 0.497 e. The minimum absolute atomic E-state index is 0.464. The zero-order valence-electron chi connectivity index (χ0n) is 16.7. The molecule has 8 nitrogen and oxygen atoms in total. The topological polar surface area (TPSA) is 92.0 Å². The molecule has 0 saturated heterocycles. The Hall–Kier alpha value is -3.07. The van der Waals surface area contributed by atoms with Gasteiger partial charge in [-0.1, -0.05) is 11.8 Å². The number of methoxy groups -OCH3 is 1. The zero-order valence-corrected chi connectivity index (χ0v) is 17.5. The lowest BCUT2D eigenvalue weighted by atomic mass is 10.2. The van der Waals surface area contributed by atoms with Crippen LogP contribution in [-0.2, 0) is 12.3 Å². The van der Waals surface area contributed by atoms with E-state index >= 15 is 0 Å². The van der Waals surface area contributed by atoms with Gasteiger partial charge in [-0.25, -0.2) is 0 Å². The Morgan fingerprint density at radius 1 is 1.03 bits per heavy atom. The molecule has 1 aromatic carbocycles. The summed E-state index contributed by atoms with van der Waals surface area (Å²) >= 11 is 1.51. The van der Waals surface area contributed by atoms with E-state index in [1.165, 1.54) is 11.8 Å². The number of nitrogens with zero attached hydrogens (tertiary/aromatic N) is 5. The number of ether oxygens (including phenoxy) is 1. The Balaban J connectivity index is 1.50. The first-order valence-corrected chi connectivity index (χ1v) is 10.2. The Bertz CT molecular complexity index is 1110. The highest BCUT2D eigenvalue weighted by molar-refractivity contribution is 7.98. The fourth-order valence-electron chi connectivity index (χ4n) is 3.02. The molecule has 29 heavy (non-hydrogen) atoms. The standard InChI is InChI=1S/C20H21N5O3S/c1-5-25-18(14-6-8-15(26-4)9-7-14)22-24-20(25)29-11-17-21-23-19(28-17)16-10-12(2)27-13(16)3/h6-10H,5,11H2,1-4H3. The fraction of sp³-hybridized carbons (Fsp3) is 0.300. The van der Waals surface area contributed by atoms with Gasteiger partial charge in [-0.15, -0.1) is 20.4 Å². The van der Waals surface area contributed by atoms with Crippen LogP contribution in [0, 0.1) is 13.8 Å². The molecule has 150 valence electrons. The monoisotopic (exact) mass is 411 g/mol. The smallest absolute Gasteiger partial charge is 0.251 e. The quantitative estimate of drug-likeness (QED) is 0.410. The van der Waals surface area contributed by atoms with Crippen molar-refractivity contribution in [3.63, 3.8) is 0 Å². The highest BCUT2D eigenvalue weighted by atomic mass is 32.2. The number of aryl methyl sites for hydroxylation is 2. The van der Waals surface area contributed by atoms with Crippen LogP contribution >= 0.6 is 11.8 Å². The van der Waals surface area contributed by atoms with Gasteiger partial charge in [0.05, 0.1) is 18.4 Å². The molecule has 0 saturated carbocycles. The van der Waals surface area contributed by atoms with Crippen LogP contribution in [0.4, 0.5) is 0 Å². The van der Waals surface area contributed by atoms with Gasteiger partial charge < -0.3 is 18.1 Å². The molecular formula is C20H21N5O3S. The summed E-state index contributed by atoms with van der Waals surface area (Å²) in [6.45, 7) is 6.58. The molecule has 3 aromatic heterocycles. The molecule has 0 N–H and O–H groups in total. The molecule has 0 fully saturated rings. The van der Waals surface area contributed by atoms with Gasteiger partial charge in [0.15, 0.2) is 11.0 Å². The highest BCUT2D eigenvalue weighted by Crippen LogP contribution is 2.29. The summed E-state index contributed by atoms with van der Waals surface area (Å²) in [6, 6.07) is 9.67. The second-order valence-corrected chi connectivity index (χ2v) is 7.34. The number of furan rings is 1. The van der Waals surface area contributed by atoms with Crippen molar-refractivity contribution in [2.45, 2.75) is 38.2 Å². The maximum absolute atomic E-state index is 5.80. The van der Waals surface area contributed by atoms with Crippen molar-refractivity contribution in [3.05, 3.63) is 47.7 Å². The molecule has 4 rings (SSSR count). The van der Waals surface area contributed by atoms with Crippen molar-refractivity contribution in [1.82, 2.24) is 25.0 Å². The molecule has 3 heterocycles. The summed E-state index contributed by atoms with van der Waals surface area (Å²) in [5.74, 6) is 4.69. The molecule has 0 atom stereocenters. The molecule has 4 aromatic rings. The molecular weight excluding hydrogens is 390 g/mol. The second-order valence-electron chi connectivity index (χ2n) is 6.40. The van der Waals surface area contributed by atoms with Gasteiger partial charge in [0.25, 0.3) is 5.89 Å². The third-order valence-corrected chi connectivity index (χ3v) is 5.40. The Labute approximate surface area is 172 Å². The average molecular weight is 411 g/mol. The molecule has 9 heteroatoms. The van der Waals surface area contributed by atoms with Crippen molar-refractivity contribution in [2.75, 3.05) is 7.11 Å². The van der Waals surface area contributed by atoms with Crippen LogP contribution < -0.4 is 4.74 Å². The van der Waals surface area contributed by atoms with E-state index in [0.29, 0.717) is 17.5 Å². The first kappa shape index (κ1) is 19.3. The number of hydrogen-bond donors (Lipinski definition) is 0. The fourth-order valence-corrected chi connectivity index (χ4v) is 3.86. The average Bonchev–Trinajstić information content (AvgIpc) is 3.44. The molecule has 0 aliphatic carbocycles. The van der Waals surface area contributed by atoms with E-state index in [1.807, 2.05) is 44.2 Å². The van der Waals surface area contributed by atoms with Gasteiger partial charge in [0, 0.05) is 12.1 Å². The maximum Gasteiger partial charge on any atom is 0.251 e. The van der Waals surface area contributed by atoms with Crippen molar-refractivity contribution >= 4 is 11.8 Å². The highest BCUT2D eigenvalue weighted by Gasteiger charge is 2.17. The Morgan fingerprint density at radius 3 is 2.48 bits per heavy atom. The van der Waals surface area contributed by atoms with Crippen molar-refractivity contribution < 1.29 is 13.6 Å². The SMILES string of the molecule is CCn1c(SCc2nnc(-c3cc(C)oc3C)o2)nnc1-c1ccc(OC)cc1. The number of hydrogen-bond acceptors (Lipinski definition) is 8. The summed E-state index contributed by atoms with van der Waals surface area (Å²) in [7, 11) is 1.65.